The van der Waals surface area contributed by atoms with Gasteiger partial charge in [0.05, 0.1) is 4.34 Å². The largest absolute Gasteiger partial charge is 0.323 e. The minimum Gasteiger partial charge on any atom is -0.323 e. The predicted molar refractivity (Wildman–Crippen MR) is 63.0 cm³/mol. The number of nitrogens with two attached hydrogens (primary N) is 1. The summed E-state index contributed by atoms with van der Waals surface area (Å²) in [6, 6.07) is 2.34. The van der Waals surface area contributed by atoms with Crippen LogP contribution < -0.4 is 5.73 Å². The molecule has 1 fully saturated rings. The Morgan fingerprint density at radius 2 is 2.29 bits per heavy atom. The molecule has 1 unspecified atom stereocenters. The second-order valence-electron chi connectivity index (χ2n) is 4.30. The van der Waals surface area contributed by atoms with Gasteiger partial charge in [-0.3, -0.25) is 0 Å². The van der Waals surface area contributed by atoms with Crippen LogP contribution in [0.3, 0.4) is 0 Å². The van der Waals surface area contributed by atoms with Crippen molar-refractivity contribution in [1.82, 2.24) is 0 Å². The van der Waals surface area contributed by atoms with Gasteiger partial charge in [0, 0.05) is 10.9 Å². The summed E-state index contributed by atoms with van der Waals surface area (Å²) in [6.45, 7) is 4.27. The number of halogens is 1. The molecule has 1 aromatic heterocycles. The molecule has 0 amide bonds. The smallest absolute Gasteiger partial charge is 0.0960 e. The number of aryl methyl sites for hydroxylation is 1. The van der Waals surface area contributed by atoms with Crippen LogP contribution in [0.15, 0.2) is 6.07 Å². The highest BCUT2D eigenvalue weighted by molar-refractivity contribution is 7.16. The second kappa shape index (κ2) is 3.51. The third-order valence-corrected chi connectivity index (χ3v) is 5.08. The molecule has 1 heterocycles. The van der Waals surface area contributed by atoms with Gasteiger partial charge in [-0.2, -0.15) is 0 Å². The van der Waals surface area contributed by atoms with Crippen molar-refractivity contribution < 1.29 is 0 Å². The third kappa shape index (κ3) is 1.60. The minimum atomic E-state index is 0.198. The number of hydrogen-bond donors (Lipinski definition) is 1. The summed E-state index contributed by atoms with van der Waals surface area (Å²) in [7, 11) is 0. The van der Waals surface area contributed by atoms with E-state index in [1.165, 1.54) is 24.1 Å². The first-order valence-electron chi connectivity index (χ1n) is 5.10. The molecule has 1 atom stereocenters. The SMILES string of the molecule is CCC1(C(N)c2cc(C)c(Cl)s2)CC1. The maximum atomic E-state index is 6.28. The van der Waals surface area contributed by atoms with Gasteiger partial charge in [0.25, 0.3) is 0 Å². The molecule has 0 bridgehead atoms. The molecule has 0 aliphatic heterocycles. The zero-order valence-corrected chi connectivity index (χ0v) is 10.2. The average Bonchev–Trinajstić information content (AvgIpc) is 2.90. The van der Waals surface area contributed by atoms with Gasteiger partial charge in [0.15, 0.2) is 0 Å². The van der Waals surface area contributed by atoms with Gasteiger partial charge in [-0.1, -0.05) is 18.5 Å². The summed E-state index contributed by atoms with van der Waals surface area (Å²) in [6.07, 6.45) is 3.74. The van der Waals surface area contributed by atoms with Crippen molar-refractivity contribution in [1.29, 1.82) is 0 Å². The van der Waals surface area contributed by atoms with Crippen molar-refractivity contribution in [2.24, 2.45) is 11.1 Å². The highest BCUT2D eigenvalue weighted by atomic mass is 35.5. The van der Waals surface area contributed by atoms with Crippen LogP contribution in [0.5, 0.6) is 0 Å². The second-order valence-corrected chi connectivity index (χ2v) is 5.98. The van der Waals surface area contributed by atoms with E-state index in [1.807, 2.05) is 6.92 Å². The van der Waals surface area contributed by atoms with Crippen LogP contribution in [-0.4, -0.2) is 0 Å². The first-order chi connectivity index (χ1) is 6.59. The van der Waals surface area contributed by atoms with Gasteiger partial charge >= 0.3 is 0 Å². The standard InChI is InChI=1S/C11H16ClNS/c1-3-11(4-5-11)9(13)8-6-7(2)10(12)14-8/h6,9H,3-5,13H2,1-2H3. The van der Waals surface area contributed by atoms with E-state index >= 15 is 0 Å². The third-order valence-electron chi connectivity index (χ3n) is 3.44. The Balaban J connectivity index is 2.23. The molecule has 2 N–H and O–H groups in total. The molecule has 1 nitrogen and oxygen atoms in total. The lowest BCUT2D eigenvalue weighted by atomic mass is 9.93. The quantitative estimate of drug-likeness (QED) is 0.836. The normalized spacial score (nSPS) is 20.9. The van der Waals surface area contributed by atoms with Crippen LogP contribution in [0.2, 0.25) is 4.34 Å². The number of hydrogen-bond acceptors (Lipinski definition) is 2. The molecule has 0 aromatic carbocycles. The molecule has 78 valence electrons. The van der Waals surface area contributed by atoms with Crippen LogP contribution in [0.25, 0.3) is 0 Å². The van der Waals surface area contributed by atoms with Crippen LogP contribution in [0.1, 0.15) is 42.7 Å². The van der Waals surface area contributed by atoms with Crippen LogP contribution >= 0.6 is 22.9 Å². The average molecular weight is 230 g/mol. The molecule has 3 heteroatoms. The van der Waals surface area contributed by atoms with Crippen LogP contribution in [0, 0.1) is 12.3 Å². The van der Waals surface area contributed by atoms with E-state index in [1.54, 1.807) is 11.3 Å². The Kier molecular flexibility index (Phi) is 2.63. The summed E-state index contributed by atoms with van der Waals surface area (Å²) >= 11 is 7.70. The maximum Gasteiger partial charge on any atom is 0.0960 e. The van der Waals surface area contributed by atoms with Gasteiger partial charge in [0.1, 0.15) is 0 Å². The Hall–Kier alpha value is -0.0500. The van der Waals surface area contributed by atoms with Crippen molar-refractivity contribution in [3.05, 3.63) is 20.8 Å². The van der Waals surface area contributed by atoms with E-state index in [0.717, 1.165) is 9.90 Å². The van der Waals surface area contributed by atoms with Crippen LogP contribution in [0.4, 0.5) is 0 Å². The van der Waals surface area contributed by atoms with Crippen molar-refractivity contribution in [2.75, 3.05) is 0 Å². The molecule has 14 heavy (non-hydrogen) atoms. The molecular formula is C11H16ClNS. The first kappa shape index (κ1) is 10.5. The van der Waals surface area contributed by atoms with Gasteiger partial charge in [-0.15, -0.1) is 11.3 Å². The van der Waals surface area contributed by atoms with Gasteiger partial charge in [-0.25, -0.2) is 0 Å². The van der Waals surface area contributed by atoms with E-state index in [4.69, 9.17) is 17.3 Å². The number of thiophene rings is 1. The topological polar surface area (TPSA) is 26.0 Å². The predicted octanol–water partition coefficient (Wildman–Crippen LogP) is 3.90. The van der Waals surface area contributed by atoms with Gasteiger partial charge < -0.3 is 5.73 Å². The molecule has 1 aliphatic rings. The lowest BCUT2D eigenvalue weighted by molar-refractivity contribution is 0.399. The van der Waals surface area contributed by atoms with E-state index in [9.17, 15) is 0 Å². The monoisotopic (exact) mass is 229 g/mol. The fourth-order valence-corrected chi connectivity index (χ4v) is 3.34. The number of rotatable bonds is 3. The van der Waals surface area contributed by atoms with Gasteiger partial charge in [-0.05, 0) is 43.2 Å². The summed E-state index contributed by atoms with van der Waals surface area (Å²) in [5.41, 5.74) is 7.83. The maximum absolute atomic E-state index is 6.28. The zero-order chi connectivity index (χ0) is 10.3. The minimum absolute atomic E-state index is 0.198. The molecule has 0 radical (unpaired) electrons. The lowest BCUT2D eigenvalue weighted by Crippen LogP contribution is -2.20. The zero-order valence-electron chi connectivity index (χ0n) is 8.64. The summed E-state index contributed by atoms with van der Waals surface area (Å²) in [5.74, 6) is 0. The van der Waals surface area contributed by atoms with E-state index in [0.29, 0.717) is 5.41 Å². The Morgan fingerprint density at radius 3 is 2.64 bits per heavy atom. The molecule has 1 saturated carbocycles. The lowest BCUT2D eigenvalue weighted by Gasteiger charge is -2.20. The summed E-state index contributed by atoms with van der Waals surface area (Å²) < 4.78 is 0.891. The van der Waals surface area contributed by atoms with Crippen molar-refractivity contribution in [3.63, 3.8) is 0 Å². The Labute approximate surface area is 94.3 Å². The fraction of sp³-hybridized carbons (Fsp3) is 0.636. The highest BCUT2D eigenvalue weighted by Crippen LogP contribution is 2.57. The van der Waals surface area contributed by atoms with E-state index in [2.05, 4.69) is 13.0 Å². The Bertz CT molecular complexity index is 322. The molecule has 2 rings (SSSR count). The van der Waals surface area contributed by atoms with E-state index in [-0.39, 0.29) is 6.04 Å². The Morgan fingerprint density at radius 1 is 1.64 bits per heavy atom. The van der Waals surface area contributed by atoms with Crippen LogP contribution in [-0.2, 0) is 0 Å². The van der Waals surface area contributed by atoms with Gasteiger partial charge in [0.2, 0.25) is 0 Å². The highest BCUT2D eigenvalue weighted by Gasteiger charge is 2.47. The van der Waals surface area contributed by atoms with Crippen molar-refractivity contribution in [3.8, 4) is 0 Å². The molecule has 1 aliphatic carbocycles. The van der Waals surface area contributed by atoms with Crippen molar-refractivity contribution in [2.45, 2.75) is 39.2 Å². The fourth-order valence-electron chi connectivity index (χ4n) is 1.98. The summed E-state index contributed by atoms with van der Waals surface area (Å²) in [5, 5.41) is 0. The van der Waals surface area contributed by atoms with E-state index < -0.39 is 0 Å². The first-order valence-corrected chi connectivity index (χ1v) is 6.30. The molecule has 0 saturated heterocycles. The molecule has 0 spiro atoms. The molecule has 1 aromatic rings. The molecular weight excluding hydrogens is 214 g/mol. The summed E-state index contributed by atoms with van der Waals surface area (Å²) in [4.78, 5) is 1.26. The van der Waals surface area contributed by atoms with Crippen molar-refractivity contribution >= 4 is 22.9 Å².